The van der Waals surface area contributed by atoms with Crippen LogP contribution in [-0.2, 0) is 6.54 Å². The molecule has 0 bridgehead atoms. The van der Waals surface area contributed by atoms with Crippen molar-refractivity contribution in [1.29, 1.82) is 0 Å². The summed E-state index contributed by atoms with van der Waals surface area (Å²) in [4.78, 5) is 7.86. The number of benzene rings is 1. The van der Waals surface area contributed by atoms with E-state index in [-0.39, 0.29) is 0 Å². The van der Waals surface area contributed by atoms with Crippen LogP contribution in [0, 0.1) is 6.92 Å². The van der Waals surface area contributed by atoms with Crippen LogP contribution in [0.1, 0.15) is 37.1 Å². The Kier molecular flexibility index (Phi) is 3.65. The normalized spacial score (nSPS) is 16.1. The van der Waals surface area contributed by atoms with Gasteiger partial charge in [0, 0.05) is 6.04 Å². The quantitative estimate of drug-likeness (QED) is 0.879. The molecule has 1 aliphatic carbocycles. The van der Waals surface area contributed by atoms with Gasteiger partial charge in [0.25, 0.3) is 0 Å². The van der Waals surface area contributed by atoms with Gasteiger partial charge in [0.2, 0.25) is 0 Å². The fourth-order valence-corrected chi connectivity index (χ4v) is 2.70. The lowest BCUT2D eigenvalue weighted by Gasteiger charge is -2.09. The first-order valence-corrected chi connectivity index (χ1v) is 7.15. The van der Waals surface area contributed by atoms with E-state index in [9.17, 15) is 0 Å². The van der Waals surface area contributed by atoms with Gasteiger partial charge in [-0.1, -0.05) is 42.7 Å². The second-order valence-electron chi connectivity index (χ2n) is 5.47. The van der Waals surface area contributed by atoms with E-state index in [1.165, 1.54) is 36.8 Å². The van der Waals surface area contributed by atoms with Gasteiger partial charge < -0.3 is 10.3 Å². The molecule has 1 heterocycles. The lowest BCUT2D eigenvalue weighted by atomic mass is 10.1. The van der Waals surface area contributed by atoms with Crippen LogP contribution >= 0.6 is 0 Å². The van der Waals surface area contributed by atoms with Crippen molar-refractivity contribution in [2.75, 3.05) is 0 Å². The Hall–Kier alpha value is -1.61. The maximum atomic E-state index is 4.46. The molecule has 1 aromatic heterocycles. The third-order valence-electron chi connectivity index (χ3n) is 3.90. The molecule has 1 aliphatic rings. The third kappa shape index (κ3) is 3.04. The smallest absolute Gasteiger partial charge is 0.120 e. The minimum absolute atomic E-state index is 0.688. The molecule has 19 heavy (non-hydrogen) atoms. The standard InChI is InChI=1S/C16H21N3/c1-12-6-8-13(9-7-12)15-10-18-16(19-15)11-17-14-4-2-3-5-14/h6-10,14,17H,2-5,11H2,1H3,(H,18,19). The molecule has 0 radical (unpaired) electrons. The fraction of sp³-hybridized carbons (Fsp3) is 0.438. The maximum Gasteiger partial charge on any atom is 0.120 e. The maximum absolute atomic E-state index is 4.46. The minimum Gasteiger partial charge on any atom is -0.341 e. The molecule has 3 rings (SSSR count). The van der Waals surface area contributed by atoms with Crippen molar-refractivity contribution < 1.29 is 0 Å². The Balaban J connectivity index is 1.63. The van der Waals surface area contributed by atoms with Gasteiger partial charge in [-0.2, -0.15) is 0 Å². The Morgan fingerprint density at radius 1 is 1.21 bits per heavy atom. The fourth-order valence-electron chi connectivity index (χ4n) is 2.70. The highest BCUT2D eigenvalue weighted by molar-refractivity contribution is 5.58. The summed E-state index contributed by atoms with van der Waals surface area (Å²) in [5, 5.41) is 3.58. The molecule has 2 aromatic rings. The minimum atomic E-state index is 0.688. The molecule has 0 amide bonds. The van der Waals surface area contributed by atoms with Gasteiger partial charge >= 0.3 is 0 Å². The van der Waals surface area contributed by atoms with Crippen molar-refractivity contribution in [2.45, 2.75) is 45.2 Å². The monoisotopic (exact) mass is 255 g/mol. The number of nitrogens with zero attached hydrogens (tertiary/aromatic N) is 1. The summed E-state index contributed by atoms with van der Waals surface area (Å²) < 4.78 is 0. The Morgan fingerprint density at radius 2 is 1.95 bits per heavy atom. The number of rotatable bonds is 4. The summed E-state index contributed by atoms with van der Waals surface area (Å²) >= 11 is 0. The van der Waals surface area contributed by atoms with Crippen molar-refractivity contribution in [2.24, 2.45) is 0 Å². The Morgan fingerprint density at radius 3 is 2.68 bits per heavy atom. The highest BCUT2D eigenvalue weighted by Crippen LogP contribution is 2.19. The van der Waals surface area contributed by atoms with Crippen molar-refractivity contribution >= 4 is 0 Å². The zero-order chi connectivity index (χ0) is 13.1. The lowest BCUT2D eigenvalue weighted by molar-refractivity contribution is 0.515. The van der Waals surface area contributed by atoms with Crippen LogP contribution in [0.5, 0.6) is 0 Å². The van der Waals surface area contributed by atoms with Gasteiger partial charge in [-0.3, -0.25) is 0 Å². The summed E-state index contributed by atoms with van der Waals surface area (Å²) in [5.74, 6) is 1.03. The van der Waals surface area contributed by atoms with Gasteiger partial charge in [-0.15, -0.1) is 0 Å². The Labute approximate surface area is 114 Å². The Bertz CT molecular complexity index is 521. The molecule has 1 aromatic carbocycles. The van der Waals surface area contributed by atoms with Crippen molar-refractivity contribution in [3.8, 4) is 11.3 Å². The summed E-state index contributed by atoms with van der Waals surface area (Å²) in [5.41, 5.74) is 3.58. The van der Waals surface area contributed by atoms with E-state index in [4.69, 9.17) is 0 Å². The second-order valence-corrected chi connectivity index (χ2v) is 5.47. The molecule has 1 saturated carbocycles. The van der Waals surface area contributed by atoms with Crippen LogP contribution in [0.4, 0.5) is 0 Å². The van der Waals surface area contributed by atoms with E-state index in [1.807, 2.05) is 6.20 Å². The number of aryl methyl sites for hydroxylation is 1. The first-order chi connectivity index (χ1) is 9.31. The molecule has 0 unspecified atom stereocenters. The molecular formula is C16H21N3. The molecule has 2 N–H and O–H groups in total. The first-order valence-electron chi connectivity index (χ1n) is 7.15. The molecule has 0 saturated heterocycles. The SMILES string of the molecule is Cc1ccc(-c2cnc(CNC3CCCC3)[nH]2)cc1. The van der Waals surface area contributed by atoms with Gasteiger partial charge in [0.15, 0.2) is 0 Å². The van der Waals surface area contributed by atoms with Gasteiger partial charge in [-0.25, -0.2) is 4.98 Å². The molecule has 1 fully saturated rings. The van der Waals surface area contributed by atoms with E-state index in [0.717, 1.165) is 18.1 Å². The molecule has 3 heteroatoms. The first kappa shape index (κ1) is 12.4. The topological polar surface area (TPSA) is 40.7 Å². The average Bonchev–Trinajstić information content (AvgIpc) is 3.09. The molecule has 0 aliphatic heterocycles. The second kappa shape index (κ2) is 5.57. The predicted octanol–water partition coefficient (Wildman–Crippen LogP) is 3.42. The van der Waals surface area contributed by atoms with Gasteiger partial charge in [0.1, 0.15) is 5.82 Å². The van der Waals surface area contributed by atoms with Crippen LogP contribution < -0.4 is 5.32 Å². The summed E-state index contributed by atoms with van der Waals surface area (Å²) in [7, 11) is 0. The summed E-state index contributed by atoms with van der Waals surface area (Å²) in [6, 6.07) is 9.22. The molecular weight excluding hydrogens is 234 g/mol. The number of aromatic amines is 1. The predicted molar refractivity (Wildman–Crippen MR) is 77.9 cm³/mol. The molecule has 0 atom stereocenters. The third-order valence-corrected chi connectivity index (χ3v) is 3.90. The highest BCUT2D eigenvalue weighted by Gasteiger charge is 2.14. The summed E-state index contributed by atoms with van der Waals surface area (Å²) in [6.45, 7) is 2.95. The molecule has 0 spiro atoms. The van der Waals surface area contributed by atoms with Crippen molar-refractivity contribution in [3.63, 3.8) is 0 Å². The van der Waals surface area contributed by atoms with E-state index < -0.39 is 0 Å². The highest BCUT2D eigenvalue weighted by atomic mass is 15.0. The summed E-state index contributed by atoms with van der Waals surface area (Å²) in [6.07, 6.45) is 7.28. The number of aromatic nitrogens is 2. The van der Waals surface area contributed by atoms with Crippen LogP contribution in [0.25, 0.3) is 11.3 Å². The van der Waals surface area contributed by atoms with Crippen LogP contribution in [0.15, 0.2) is 30.5 Å². The molecule has 100 valence electrons. The number of hydrogen-bond donors (Lipinski definition) is 2. The average molecular weight is 255 g/mol. The van der Waals surface area contributed by atoms with Crippen LogP contribution in [0.2, 0.25) is 0 Å². The van der Waals surface area contributed by atoms with Crippen LogP contribution in [-0.4, -0.2) is 16.0 Å². The lowest BCUT2D eigenvalue weighted by Crippen LogP contribution is -2.25. The van der Waals surface area contributed by atoms with Gasteiger partial charge in [0.05, 0.1) is 18.4 Å². The van der Waals surface area contributed by atoms with E-state index in [2.05, 4.69) is 46.5 Å². The number of imidazole rings is 1. The van der Waals surface area contributed by atoms with Crippen molar-refractivity contribution in [3.05, 3.63) is 41.9 Å². The van der Waals surface area contributed by atoms with Crippen molar-refractivity contribution in [1.82, 2.24) is 15.3 Å². The number of H-pyrrole nitrogens is 1. The zero-order valence-electron chi connectivity index (χ0n) is 11.4. The zero-order valence-corrected chi connectivity index (χ0v) is 11.4. The van der Waals surface area contributed by atoms with Gasteiger partial charge in [-0.05, 0) is 25.3 Å². The van der Waals surface area contributed by atoms with E-state index in [1.54, 1.807) is 0 Å². The van der Waals surface area contributed by atoms with E-state index >= 15 is 0 Å². The van der Waals surface area contributed by atoms with Crippen LogP contribution in [0.3, 0.4) is 0 Å². The van der Waals surface area contributed by atoms with E-state index in [0.29, 0.717) is 6.04 Å². The number of hydrogen-bond acceptors (Lipinski definition) is 2. The largest absolute Gasteiger partial charge is 0.341 e. The molecule has 3 nitrogen and oxygen atoms in total. The number of nitrogens with one attached hydrogen (secondary N) is 2.